The summed E-state index contributed by atoms with van der Waals surface area (Å²) in [6.07, 6.45) is 1.47. The minimum absolute atomic E-state index is 0.186. The number of aromatic amines is 1. The van der Waals surface area contributed by atoms with Gasteiger partial charge in [0.1, 0.15) is 6.54 Å². The molecule has 57 heavy (non-hydrogen) atoms. The third-order valence-electron chi connectivity index (χ3n) is 10.3. The van der Waals surface area contributed by atoms with Crippen molar-refractivity contribution in [2.45, 2.75) is 23.0 Å². The molecule has 0 radical (unpaired) electrons. The minimum Gasteiger partial charge on any atom is -0.339 e. The maximum Gasteiger partial charge on any atom is 0.328 e. The second kappa shape index (κ2) is 18.4. The number of benzene rings is 6. The van der Waals surface area contributed by atoms with Crippen LogP contribution in [0.25, 0.3) is 0 Å². The highest BCUT2D eigenvalue weighted by Gasteiger charge is 2.38. The van der Waals surface area contributed by atoms with Crippen LogP contribution in [0.3, 0.4) is 0 Å². The monoisotopic (exact) mass is 787 g/mol. The Morgan fingerprint density at radius 3 is 1.12 bits per heavy atom. The van der Waals surface area contributed by atoms with Gasteiger partial charge in [0.2, 0.25) is 5.91 Å². The van der Waals surface area contributed by atoms with E-state index in [-0.39, 0.29) is 12.5 Å². The van der Waals surface area contributed by atoms with Crippen LogP contribution >= 0.6 is 23.5 Å². The molecule has 286 valence electrons. The average molecular weight is 788 g/mol. The third kappa shape index (κ3) is 8.63. The van der Waals surface area contributed by atoms with Gasteiger partial charge in [0.05, 0.1) is 9.49 Å². The fraction of sp³-hybridized carbons (Fsp3) is 0.163. The smallest absolute Gasteiger partial charge is 0.328 e. The first-order chi connectivity index (χ1) is 27.9. The standard InChI is InChI=1S/C49H45N3O3S2/c1-38-36-52(47(55)50-46(38)54)37-45(53)51(32-34-56-48(39-20-8-2-9-21-39,40-22-10-3-11-23-40)41-24-12-4-13-25-41)33-35-57-49(42-26-14-5-15-27-42,43-28-16-6-17-29-43)44-30-18-7-19-31-44/h2-31,36H,32-35,37H2,1H3,(H,50,54,55). The molecule has 0 bridgehead atoms. The third-order valence-corrected chi connectivity index (χ3v) is 13.3. The zero-order chi connectivity index (χ0) is 39.5. The summed E-state index contributed by atoms with van der Waals surface area (Å²) >= 11 is 3.60. The summed E-state index contributed by atoms with van der Waals surface area (Å²) in [7, 11) is 0. The molecule has 7 aromatic rings. The average Bonchev–Trinajstić information content (AvgIpc) is 3.27. The minimum atomic E-state index is -0.602. The Bertz CT molecular complexity index is 2140. The molecule has 0 atom stereocenters. The molecule has 7 rings (SSSR count). The van der Waals surface area contributed by atoms with Crippen LogP contribution in [0.15, 0.2) is 198 Å². The van der Waals surface area contributed by atoms with Crippen molar-refractivity contribution in [2.75, 3.05) is 24.6 Å². The van der Waals surface area contributed by atoms with Crippen LogP contribution in [-0.2, 0) is 20.8 Å². The zero-order valence-corrected chi connectivity index (χ0v) is 33.5. The van der Waals surface area contributed by atoms with Crippen molar-refractivity contribution in [3.8, 4) is 0 Å². The molecule has 1 amide bonds. The van der Waals surface area contributed by atoms with E-state index in [1.165, 1.54) is 10.8 Å². The summed E-state index contributed by atoms with van der Waals surface area (Å²) in [4.78, 5) is 43.8. The lowest BCUT2D eigenvalue weighted by Crippen LogP contribution is -2.41. The highest BCUT2D eigenvalue weighted by atomic mass is 32.2. The molecule has 0 aliphatic carbocycles. The van der Waals surface area contributed by atoms with Gasteiger partial charge in [-0.15, -0.1) is 23.5 Å². The molecule has 0 aliphatic heterocycles. The molecule has 0 saturated heterocycles. The van der Waals surface area contributed by atoms with E-state index in [0.717, 1.165) is 33.4 Å². The topological polar surface area (TPSA) is 75.2 Å². The predicted octanol–water partition coefficient (Wildman–Crippen LogP) is 9.12. The fourth-order valence-corrected chi connectivity index (χ4v) is 10.6. The van der Waals surface area contributed by atoms with Gasteiger partial charge in [-0.3, -0.25) is 19.1 Å². The fourth-order valence-electron chi connectivity index (χ4n) is 7.50. The SMILES string of the molecule is Cc1cn(CC(=O)N(CCSC(c2ccccc2)(c2ccccc2)c2ccccc2)CCSC(c2ccccc2)(c2ccccc2)c2ccccc2)c(=O)[nH]c1=O. The normalized spacial score (nSPS) is 11.6. The van der Waals surface area contributed by atoms with Crippen molar-refractivity contribution in [1.29, 1.82) is 0 Å². The number of aromatic nitrogens is 2. The maximum absolute atomic E-state index is 14.4. The Balaban J connectivity index is 1.24. The number of carbonyl (C=O) groups is 1. The van der Waals surface area contributed by atoms with Crippen molar-refractivity contribution in [3.05, 3.63) is 248 Å². The predicted molar refractivity (Wildman–Crippen MR) is 236 cm³/mol. The molecule has 8 heteroatoms. The second-order valence-corrected chi connectivity index (χ2v) is 16.5. The molecule has 1 N–H and O–H groups in total. The number of thioether (sulfide) groups is 2. The van der Waals surface area contributed by atoms with E-state index in [9.17, 15) is 14.4 Å². The van der Waals surface area contributed by atoms with E-state index >= 15 is 0 Å². The molecule has 6 nitrogen and oxygen atoms in total. The van der Waals surface area contributed by atoms with Crippen molar-refractivity contribution < 1.29 is 4.79 Å². The van der Waals surface area contributed by atoms with Crippen LogP contribution in [0.2, 0.25) is 0 Å². The van der Waals surface area contributed by atoms with E-state index in [4.69, 9.17) is 0 Å². The summed E-state index contributed by atoms with van der Waals surface area (Å²) in [6.45, 7) is 2.32. The first-order valence-electron chi connectivity index (χ1n) is 19.1. The molecule has 0 aliphatic rings. The van der Waals surface area contributed by atoms with Crippen LogP contribution in [0.5, 0.6) is 0 Å². The summed E-state index contributed by atoms with van der Waals surface area (Å²) in [6, 6.07) is 63.2. The van der Waals surface area contributed by atoms with E-state index in [0.29, 0.717) is 30.2 Å². The number of aryl methyl sites for hydroxylation is 1. The number of hydrogen-bond acceptors (Lipinski definition) is 5. The number of hydrogen-bond donors (Lipinski definition) is 1. The Labute approximate surface area is 342 Å². The van der Waals surface area contributed by atoms with Gasteiger partial charge in [-0.1, -0.05) is 182 Å². The summed E-state index contributed by atoms with van der Waals surface area (Å²) in [5.41, 5.74) is 6.20. The van der Waals surface area contributed by atoms with E-state index in [1.807, 2.05) is 41.3 Å². The van der Waals surface area contributed by atoms with E-state index in [2.05, 4.69) is 151 Å². The van der Waals surface area contributed by atoms with Crippen LogP contribution in [0, 0.1) is 6.92 Å². The molecule has 1 heterocycles. The van der Waals surface area contributed by atoms with E-state index < -0.39 is 20.7 Å². The van der Waals surface area contributed by atoms with Crippen molar-refractivity contribution in [2.24, 2.45) is 0 Å². The lowest BCUT2D eigenvalue weighted by Gasteiger charge is -2.37. The molecule has 0 spiro atoms. The van der Waals surface area contributed by atoms with Gasteiger partial charge in [-0.05, 0) is 40.3 Å². The van der Waals surface area contributed by atoms with Crippen LogP contribution in [-0.4, -0.2) is 45.0 Å². The quantitative estimate of drug-likeness (QED) is 0.0990. The van der Waals surface area contributed by atoms with Gasteiger partial charge < -0.3 is 4.90 Å². The lowest BCUT2D eigenvalue weighted by atomic mass is 9.84. The lowest BCUT2D eigenvalue weighted by molar-refractivity contribution is -0.131. The highest BCUT2D eigenvalue weighted by Crippen LogP contribution is 2.50. The van der Waals surface area contributed by atoms with Gasteiger partial charge in [0.15, 0.2) is 0 Å². The molecule has 0 fully saturated rings. The molecule has 0 saturated carbocycles. The number of H-pyrrole nitrogens is 1. The van der Waals surface area contributed by atoms with Crippen LogP contribution in [0.4, 0.5) is 0 Å². The van der Waals surface area contributed by atoms with E-state index in [1.54, 1.807) is 30.4 Å². The zero-order valence-electron chi connectivity index (χ0n) is 31.9. The van der Waals surface area contributed by atoms with Crippen molar-refractivity contribution in [1.82, 2.24) is 14.5 Å². The number of rotatable bonds is 16. The second-order valence-electron chi connectivity index (χ2n) is 13.8. The Morgan fingerprint density at radius 2 is 0.825 bits per heavy atom. The number of nitrogens with zero attached hydrogens (tertiary/aromatic N) is 2. The number of nitrogens with one attached hydrogen (secondary N) is 1. The van der Waals surface area contributed by atoms with Gasteiger partial charge in [0.25, 0.3) is 5.56 Å². The molecule has 1 aromatic heterocycles. The molecular weight excluding hydrogens is 743 g/mol. The molecule has 0 unspecified atom stereocenters. The largest absolute Gasteiger partial charge is 0.339 e. The summed E-state index contributed by atoms with van der Waals surface area (Å²) in [5, 5.41) is 0. The van der Waals surface area contributed by atoms with Gasteiger partial charge in [-0.2, -0.15) is 0 Å². The van der Waals surface area contributed by atoms with Gasteiger partial charge in [-0.25, -0.2) is 4.79 Å². The number of amides is 1. The van der Waals surface area contributed by atoms with Crippen molar-refractivity contribution >= 4 is 29.4 Å². The summed E-state index contributed by atoms with van der Waals surface area (Å²) < 4.78 is 0.198. The first kappa shape index (κ1) is 39.4. The Kier molecular flexibility index (Phi) is 12.7. The molecule has 6 aromatic carbocycles. The van der Waals surface area contributed by atoms with Crippen LogP contribution in [0.1, 0.15) is 38.9 Å². The Hall–Kier alpha value is -5.83. The van der Waals surface area contributed by atoms with Gasteiger partial charge >= 0.3 is 5.69 Å². The Morgan fingerprint density at radius 1 is 0.526 bits per heavy atom. The molecular formula is C49H45N3O3S2. The highest BCUT2D eigenvalue weighted by molar-refractivity contribution is 8.00. The van der Waals surface area contributed by atoms with Gasteiger partial charge in [0, 0.05) is 36.4 Å². The number of carbonyl (C=O) groups excluding carboxylic acids is 1. The van der Waals surface area contributed by atoms with Crippen LogP contribution < -0.4 is 11.2 Å². The maximum atomic E-state index is 14.4. The first-order valence-corrected chi connectivity index (χ1v) is 21.1. The summed E-state index contributed by atoms with van der Waals surface area (Å²) in [5.74, 6) is 1.02. The van der Waals surface area contributed by atoms with Crippen molar-refractivity contribution in [3.63, 3.8) is 0 Å².